The van der Waals surface area contributed by atoms with Gasteiger partial charge in [-0.3, -0.25) is 4.90 Å². The molecule has 2 atom stereocenters. The lowest BCUT2D eigenvalue weighted by Crippen LogP contribution is -2.54. The maximum Gasteiger partial charge on any atom is 0.0645 e. The molecule has 0 aromatic heterocycles. The van der Waals surface area contributed by atoms with Crippen LogP contribution >= 0.6 is 0 Å². The fourth-order valence-electron chi connectivity index (χ4n) is 3.97. The van der Waals surface area contributed by atoms with Crippen molar-refractivity contribution in [2.45, 2.75) is 44.3 Å². The molecule has 2 heterocycles. The molecule has 124 valence electrons. The van der Waals surface area contributed by atoms with Crippen LogP contribution in [0.4, 0.5) is 0 Å². The lowest BCUT2D eigenvalue weighted by molar-refractivity contribution is -0.0719. The van der Waals surface area contributed by atoms with Gasteiger partial charge in [-0.15, -0.1) is 0 Å². The molecule has 3 nitrogen and oxygen atoms in total. The number of nitrogens with one attached hydrogen (secondary N) is 1. The van der Waals surface area contributed by atoms with Crippen molar-refractivity contribution in [3.63, 3.8) is 0 Å². The summed E-state index contributed by atoms with van der Waals surface area (Å²) in [7, 11) is 0. The Balaban J connectivity index is 1.23. The standard InChI is InChI=1S/C20H28N2O/c1-15(11-16-5-3-2-4-6-16)19-12-20(19)21-17-7-9-22(10-8-17)18-13-23-14-18/h2-6,11,17-21H,7-10,12-14H2,1H3/t19-,20+/m0/s1. The van der Waals surface area contributed by atoms with E-state index in [0.717, 1.165) is 19.1 Å². The molecule has 3 heteroatoms. The van der Waals surface area contributed by atoms with Crippen LogP contribution in [0.5, 0.6) is 0 Å². The van der Waals surface area contributed by atoms with Crippen molar-refractivity contribution in [2.24, 2.45) is 5.92 Å². The molecule has 1 saturated carbocycles. The number of rotatable bonds is 5. The molecule has 0 radical (unpaired) electrons. The first-order chi connectivity index (χ1) is 11.3. The van der Waals surface area contributed by atoms with Crippen LogP contribution in [0.15, 0.2) is 35.9 Å². The van der Waals surface area contributed by atoms with Gasteiger partial charge in [-0.25, -0.2) is 0 Å². The number of likely N-dealkylation sites (tertiary alicyclic amines) is 1. The highest BCUT2D eigenvalue weighted by molar-refractivity contribution is 5.53. The fourth-order valence-corrected chi connectivity index (χ4v) is 3.97. The van der Waals surface area contributed by atoms with Gasteiger partial charge in [0.2, 0.25) is 0 Å². The van der Waals surface area contributed by atoms with E-state index in [-0.39, 0.29) is 0 Å². The zero-order chi connectivity index (χ0) is 15.6. The molecule has 2 saturated heterocycles. The number of hydrogen-bond donors (Lipinski definition) is 1. The molecule has 1 aliphatic carbocycles. The quantitative estimate of drug-likeness (QED) is 0.905. The summed E-state index contributed by atoms with van der Waals surface area (Å²) in [4.78, 5) is 2.62. The summed E-state index contributed by atoms with van der Waals surface area (Å²) in [5.74, 6) is 0.744. The maximum atomic E-state index is 5.32. The van der Waals surface area contributed by atoms with Gasteiger partial charge in [0.1, 0.15) is 0 Å². The predicted octanol–water partition coefficient (Wildman–Crippen LogP) is 2.93. The third kappa shape index (κ3) is 3.68. The molecule has 0 unspecified atom stereocenters. The van der Waals surface area contributed by atoms with Crippen molar-refractivity contribution in [3.05, 3.63) is 41.5 Å². The number of ether oxygens (including phenoxy) is 1. The average molecular weight is 312 g/mol. The molecular weight excluding hydrogens is 284 g/mol. The van der Waals surface area contributed by atoms with Gasteiger partial charge in [-0.1, -0.05) is 42.0 Å². The Bertz CT molecular complexity index is 544. The molecule has 3 fully saturated rings. The summed E-state index contributed by atoms with van der Waals surface area (Å²) < 4.78 is 5.32. The first kappa shape index (κ1) is 15.4. The summed E-state index contributed by atoms with van der Waals surface area (Å²) in [6, 6.07) is 12.8. The van der Waals surface area contributed by atoms with Crippen molar-refractivity contribution in [2.75, 3.05) is 26.3 Å². The van der Waals surface area contributed by atoms with Gasteiger partial charge >= 0.3 is 0 Å². The van der Waals surface area contributed by atoms with E-state index in [1.54, 1.807) is 0 Å². The van der Waals surface area contributed by atoms with E-state index < -0.39 is 0 Å². The van der Waals surface area contributed by atoms with Crippen LogP contribution in [0.1, 0.15) is 31.7 Å². The molecule has 0 bridgehead atoms. The number of benzene rings is 1. The first-order valence-corrected chi connectivity index (χ1v) is 9.10. The van der Waals surface area contributed by atoms with Crippen molar-refractivity contribution >= 4 is 6.08 Å². The lowest BCUT2D eigenvalue weighted by atomic mass is 10.0. The summed E-state index contributed by atoms with van der Waals surface area (Å²) in [6.07, 6.45) is 6.25. The largest absolute Gasteiger partial charge is 0.378 e. The highest BCUT2D eigenvalue weighted by Crippen LogP contribution is 2.38. The van der Waals surface area contributed by atoms with Crippen LogP contribution in [-0.2, 0) is 4.74 Å². The van der Waals surface area contributed by atoms with E-state index in [4.69, 9.17) is 4.74 Å². The zero-order valence-corrected chi connectivity index (χ0v) is 14.1. The van der Waals surface area contributed by atoms with E-state index in [0.29, 0.717) is 18.1 Å². The van der Waals surface area contributed by atoms with Gasteiger partial charge in [-0.2, -0.15) is 0 Å². The van der Waals surface area contributed by atoms with E-state index in [1.165, 1.54) is 43.5 Å². The smallest absolute Gasteiger partial charge is 0.0645 e. The van der Waals surface area contributed by atoms with Crippen LogP contribution in [0, 0.1) is 5.92 Å². The Labute approximate surface area is 139 Å². The predicted molar refractivity (Wildman–Crippen MR) is 94.3 cm³/mol. The number of hydrogen-bond acceptors (Lipinski definition) is 3. The van der Waals surface area contributed by atoms with Gasteiger partial charge in [-0.05, 0) is 37.7 Å². The van der Waals surface area contributed by atoms with Gasteiger partial charge < -0.3 is 10.1 Å². The number of nitrogens with zero attached hydrogens (tertiary/aromatic N) is 1. The van der Waals surface area contributed by atoms with Crippen LogP contribution < -0.4 is 5.32 Å². The highest BCUT2D eigenvalue weighted by atomic mass is 16.5. The molecule has 0 amide bonds. The third-order valence-electron chi connectivity index (χ3n) is 5.69. The molecule has 1 aromatic rings. The fraction of sp³-hybridized carbons (Fsp3) is 0.600. The molecular formula is C20H28N2O. The second kappa shape index (κ2) is 6.76. The minimum Gasteiger partial charge on any atom is -0.378 e. The molecule has 1 N–H and O–H groups in total. The molecule has 4 rings (SSSR count). The summed E-state index contributed by atoms with van der Waals surface area (Å²) in [5.41, 5.74) is 2.85. The summed E-state index contributed by atoms with van der Waals surface area (Å²) in [6.45, 7) is 6.67. The van der Waals surface area contributed by atoms with Gasteiger partial charge in [0.05, 0.1) is 19.3 Å². The zero-order valence-electron chi connectivity index (χ0n) is 14.1. The summed E-state index contributed by atoms with van der Waals surface area (Å²) >= 11 is 0. The van der Waals surface area contributed by atoms with Gasteiger partial charge in [0, 0.05) is 25.2 Å². The van der Waals surface area contributed by atoms with E-state index >= 15 is 0 Å². The third-order valence-corrected chi connectivity index (χ3v) is 5.69. The van der Waals surface area contributed by atoms with Crippen LogP contribution in [0.2, 0.25) is 0 Å². The highest BCUT2D eigenvalue weighted by Gasteiger charge is 2.40. The molecule has 23 heavy (non-hydrogen) atoms. The Morgan fingerprint density at radius 2 is 1.91 bits per heavy atom. The average Bonchev–Trinajstić information content (AvgIpc) is 3.28. The van der Waals surface area contributed by atoms with Gasteiger partial charge in [0.25, 0.3) is 0 Å². The monoisotopic (exact) mass is 312 g/mol. The Morgan fingerprint density at radius 3 is 2.57 bits per heavy atom. The van der Waals surface area contributed by atoms with Crippen molar-refractivity contribution in [3.8, 4) is 0 Å². The van der Waals surface area contributed by atoms with E-state index in [1.807, 2.05) is 0 Å². The van der Waals surface area contributed by atoms with E-state index in [2.05, 4.69) is 53.5 Å². The SMILES string of the molecule is CC(=Cc1ccccc1)[C@@H]1C[C@H]1NC1CCN(C2COC2)CC1. The Morgan fingerprint density at radius 1 is 1.17 bits per heavy atom. The Kier molecular flexibility index (Phi) is 4.52. The Hall–Kier alpha value is -1.16. The second-order valence-electron chi connectivity index (χ2n) is 7.42. The molecule has 3 aliphatic rings. The summed E-state index contributed by atoms with van der Waals surface area (Å²) in [5, 5.41) is 3.91. The van der Waals surface area contributed by atoms with E-state index in [9.17, 15) is 0 Å². The lowest BCUT2D eigenvalue weighted by Gasteiger charge is -2.41. The first-order valence-electron chi connectivity index (χ1n) is 9.10. The van der Waals surface area contributed by atoms with Crippen molar-refractivity contribution < 1.29 is 4.74 Å². The minimum absolute atomic E-state index is 0.707. The van der Waals surface area contributed by atoms with Crippen molar-refractivity contribution in [1.82, 2.24) is 10.2 Å². The molecule has 2 aliphatic heterocycles. The van der Waals surface area contributed by atoms with Crippen LogP contribution in [0.25, 0.3) is 6.08 Å². The van der Waals surface area contributed by atoms with Crippen LogP contribution in [0.3, 0.4) is 0 Å². The van der Waals surface area contributed by atoms with Gasteiger partial charge in [0.15, 0.2) is 0 Å². The second-order valence-corrected chi connectivity index (χ2v) is 7.42. The van der Waals surface area contributed by atoms with Crippen LogP contribution in [-0.4, -0.2) is 49.3 Å². The maximum absolute atomic E-state index is 5.32. The normalized spacial score (nSPS) is 30.2. The number of piperidine rings is 1. The molecule has 0 spiro atoms. The topological polar surface area (TPSA) is 24.5 Å². The van der Waals surface area contributed by atoms with Crippen molar-refractivity contribution in [1.29, 1.82) is 0 Å². The minimum atomic E-state index is 0.707. The molecule has 1 aromatic carbocycles.